The maximum atomic E-state index is 10.9. The van der Waals surface area contributed by atoms with Crippen molar-refractivity contribution in [2.24, 2.45) is 7.05 Å². The average Bonchev–Trinajstić information content (AvgIpc) is 2.74. The minimum absolute atomic E-state index is 0.476. The molecule has 4 nitrogen and oxygen atoms in total. The molecule has 21 heavy (non-hydrogen) atoms. The molecule has 0 aliphatic carbocycles. The molecule has 2 aromatic rings. The van der Waals surface area contributed by atoms with E-state index in [1.807, 2.05) is 42.9 Å². The molecule has 1 atom stereocenters. The summed E-state index contributed by atoms with van der Waals surface area (Å²) in [7, 11) is 3.53. The van der Waals surface area contributed by atoms with E-state index in [9.17, 15) is 5.11 Å². The van der Waals surface area contributed by atoms with Crippen molar-refractivity contribution in [3.05, 3.63) is 45.7 Å². The molecule has 0 saturated heterocycles. The highest BCUT2D eigenvalue weighted by molar-refractivity contribution is 9.10. The number of methoxy groups -OCH3 is 1. The van der Waals surface area contributed by atoms with Crippen LogP contribution < -0.4 is 4.74 Å². The zero-order valence-corrected chi connectivity index (χ0v) is 14.4. The summed E-state index contributed by atoms with van der Waals surface area (Å²) in [6.07, 6.45) is 1.33. The number of aliphatic hydroxyl groups is 1. The van der Waals surface area contributed by atoms with E-state index in [4.69, 9.17) is 4.74 Å². The number of ether oxygens (including phenoxy) is 1. The van der Waals surface area contributed by atoms with E-state index in [-0.39, 0.29) is 0 Å². The monoisotopic (exact) mass is 352 g/mol. The van der Waals surface area contributed by atoms with Crippen molar-refractivity contribution in [3.63, 3.8) is 0 Å². The predicted octanol–water partition coefficient (Wildman–Crippen LogP) is 3.20. The molecule has 1 heterocycles. The molecular weight excluding hydrogens is 332 g/mol. The van der Waals surface area contributed by atoms with E-state index < -0.39 is 5.60 Å². The van der Waals surface area contributed by atoms with Gasteiger partial charge in [0.25, 0.3) is 0 Å². The standard InChI is InChI=1S/C16H21BrN2O2/c1-5-13-15(17)14(19(3)18-13)10-16(2,20)11-7-6-8-12(9-11)21-4/h6-9,20H,5,10H2,1-4H3. The molecule has 1 unspecified atom stereocenters. The number of hydrogen-bond acceptors (Lipinski definition) is 3. The summed E-state index contributed by atoms with van der Waals surface area (Å²) in [6.45, 7) is 3.88. The molecule has 0 fully saturated rings. The van der Waals surface area contributed by atoms with Crippen LogP contribution in [0.4, 0.5) is 0 Å². The third-order valence-electron chi connectivity index (χ3n) is 3.71. The Morgan fingerprint density at radius 1 is 1.43 bits per heavy atom. The summed E-state index contributed by atoms with van der Waals surface area (Å²) in [4.78, 5) is 0. The predicted molar refractivity (Wildman–Crippen MR) is 86.6 cm³/mol. The van der Waals surface area contributed by atoms with Gasteiger partial charge in [0.15, 0.2) is 0 Å². The fraction of sp³-hybridized carbons (Fsp3) is 0.438. The maximum absolute atomic E-state index is 10.9. The fourth-order valence-electron chi connectivity index (χ4n) is 2.40. The van der Waals surface area contributed by atoms with E-state index in [1.54, 1.807) is 7.11 Å². The Hall–Kier alpha value is -1.33. The molecule has 114 valence electrons. The number of rotatable bonds is 5. The van der Waals surface area contributed by atoms with Crippen LogP contribution in [0.25, 0.3) is 0 Å². The van der Waals surface area contributed by atoms with Crippen LogP contribution in [0.15, 0.2) is 28.7 Å². The molecule has 0 amide bonds. The van der Waals surface area contributed by atoms with Crippen molar-refractivity contribution < 1.29 is 9.84 Å². The van der Waals surface area contributed by atoms with Crippen LogP contribution in [0.2, 0.25) is 0 Å². The summed E-state index contributed by atoms with van der Waals surface area (Å²) < 4.78 is 8.04. The first-order chi connectivity index (χ1) is 9.89. The molecule has 5 heteroatoms. The van der Waals surface area contributed by atoms with Crippen LogP contribution in [0.5, 0.6) is 5.75 Å². The van der Waals surface area contributed by atoms with Crippen LogP contribution in [0, 0.1) is 0 Å². The SMILES string of the molecule is CCc1nn(C)c(CC(C)(O)c2cccc(OC)c2)c1Br. The molecule has 1 N–H and O–H groups in total. The first kappa shape index (κ1) is 16.0. The maximum Gasteiger partial charge on any atom is 0.119 e. The van der Waals surface area contributed by atoms with Crippen LogP contribution in [-0.2, 0) is 25.5 Å². The van der Waals surface area contributed by atoms with E-state index in [2.05, 4.69) is 28.0 Å². The molecule has 0 bridgehead atoms. The lowest BCUT2D eigenvalue weighted by Crippen LogP contribution is -2.25. The molecule has 0 aliphatic heterocycles. The van der Waals surface area contributed by atoms with Gasteiger partial charge in [-0.15, -0.1) is 0 Å². The third kappa shape index (κ3) is 3.30. The topological polar surface area (TPSA) is 47.3 Å². The Morgan fingerprint density at radius 2 is 2.14 bits per heavy atom. The molecule has 0 radical (unpaired) electrons. The van der Waals surface area contributed by atoms with Gasteiger partial charge in [0, 0.05) is 13.5 Å². The van der Waals surface area contributed by atoms with Gasteiger partial charge in [-0.3, -0.25) is 4.68 Å². The molecule has 2 rings (SSSR count). The molecule has 0 spiro atoms. The molecular formula is C16H21BrN2O2. The Morgan fingerprint density at radius 3 is 2.71 bits per heavy atom. The number of aryl methyl sites for hydroxylation is 2. The van der Waals surface area contributed by atoms with Crippen LogP contribution in [0.3, 0.4) is 0 Å². The Bertz CT molecular complexity index is 635. The second kappa shape index (κ2) is 6.20. The summed E-state index contributed by atoms with van der Waals surface area (Å²) in [5.41, 5.74) is 1.83. The zero-order valence-electron chi connectivity index (χ0n) is 12.9. The van der Waals surface area contributed by atoms with Gasteiger partial charge in [-0.2, -0.15) is 5.10 Å². The first-order valence-corrected chi connectivity index (χ1v) is 7.75. The normalized spacial score (nSPS) is 14.0. The van der Waals surface area contributed by atoms with Crippen molar-refractivity contribution in [2.45, 2.75) is 32.3 Å². The number of halogens is 1. The summed E-state index contributed by atoms with van der Waals surface area (Å²) in [5, 5.41) is 15.3. The van der Waals surface area contributed by atoms with Gasteiger partial charge >= 0.3 is 0 Å². The van der Waals surface area contributed by atoms with Gasteiger partial charge in [0.1, 0.15) is 5.75 Å². The smallest absolute Gasteiger partial charge is 0.119 e. The second-order valence-electron chi connectivity index (χ2n) is 5.37. The molecule has 0 saturated carbocycles. The number of nitrogens with zero attached hydrogens (tertiary/aromatic N) is 2. The lowest BCUT2D eigenvalue weighted by molar-refractivity contribution is 0.0552. The minimum Gasteiger partial charge on any atom is -0.497 e. The first-order valence-electron chi connectivity index (χ1n) is 6.96. The Kier molecular flexibility index (Phi) is 4.74. The summed E-state index contributed by atoms with van der Waals surface area (Å²) in [6, 6.07) is 7.53. The van der Waals surface area contributed by atoms with Crippen molar-refractivity contribution >= 4 is 15.9 Å². The molecule has 1 aromatic heterocycles. The second-order valence-corrected chi connectivity index (χ2v) is 6.16. The van der Waals surface area contributed by atoms with Gasteiger partial charge in [-0.05, 0) is 47.0 Å². The van der Waals surface area contributed by atoms with Gasteiger partial charge < -0.3 is 9.84 Å². The third-order valence-corrected chi connectivity index (χ3v) is 4.62. The highest BCUT2D eigenvalue weighted by Gasteiger charge is 2.27. The highest BCUT2D eigenvalue weighted by atomic mass is 79.9. The molecule has 1 aromatic carbocycles. The van der Waals surface area contributed by atoms with Gasteiger partial charge in [0.2, 0.25) is 0 Å². The number of aromatic nitrogens is 2. The van der Waals surface area contributed by atoms with E-state index in [1.165, 1.54) is 0 Å². The van der Waals surface area contributed by atoms with E-state index >= 15 is 0 Å². The van der Waals surface area contributed by atoms with Crippen molar-refractivity contribution in [2.75, 3.05) is 7.11 Å². The Balaban J connectivity index is 2.34. The minimum atomic E-state index is -0.990. The summed E-state index contributed by atoms with van der Waals surface area (Å²) >= 11 is 3.60. The number of benzene rings is 1. The van der Waals surface area contributed by atoms with Crippen molar-refractivity contribution in [3.8, 4) is 5.75 Å². The largest absolute Gasteiger partial charge is 0.497 e. The lowest BCUT2D eigenvalue weighted by Gasteiger charge is -2.24. The van der Waals surface area contributed by atoms with Crippen molar-refractivity contribution in [1.82, 2.24) is 9.78 Å². The quantitative estimate of drug-likeness (QED) is 0.898. The van der Waals surface area contributed by atoms with E-state index in [0.717, 1.165) is 33.6 Å². The fourth-order valence-corrected chi connectivity index (χ4v) is 3.15. The Labute approximate surface area is 133 Å². The van der Waals surface area contributed by atoms with E-state index in [0.29, 0.717) is 6.42 Å². The summed E-state index contributed by atoms with van der Waals surface area (Å²) in [5.74, 6) is 0.742. The zero-order chi connectivity index (χ0) is 15.6. The van der Waals surface area contributed by atoms with Crippen molar-refractivity contribution in [1.29, 1.82) is 0 Å². The van der Waals surface area contributed by atoms with Crippen LogP contribution in [-0.4, -0.2) is 22.0 Å². The lowest BCUT2D eigenvalue weighted by atomic mass is 9.91. The molecule has 0 aliphatic rings. The number of hydrogen-bond donors (Lipinski definition) is 1. The average molecular weight is 353 g/mol. The van der Waals surface area contributed by atoms with Crippen LogP contribution in [0.1, 0.15) is 30.8 Å². The van der Waals surface area contributed by atoms with Gasteiger partial charge in [0.05, 0.1) is 28.6 Å². The van der Waals surface area contributed by atoms with Gasteiger partial charge in [-0.25, -0.2) is 0 Å². The van der Waals surface area contributed by atoms with Crippen LogP contribution >= 0.6 is 15.9 Å². The highest BCUT2D eigenvalue weighted by Crippen LogP contribution is 2.31. The van der Waals surface area contributed by atoms with Gasteiger partial charge in [-0.1, -0.05) is 19.1 Å².